The normalized spacial score (nSPS) is 19.1. The van der Waals surface area contributed by atoms with Gasteiger partial charge in [0, 0.05) is 24.4 Å². The van der Waals surface area contributed by atoms with E-state index in [0.29, 0.717) is 19.5 Å². The van der Waals surface area contributed by atoms with Crippen LogP contribution in [0.3, 0.4) is 0 Å². The maximum atomic E-state index is 13.3. The molecule has 0 aromatic heterocycles. The average molecular weight is 394 g/mol. The second kappa shape index (κ2) is 8.76. The van der Waals surface area contributed by atoms with Crippen LogP contribution < -0.4 is 0 Å². The summed E-state index contributed by atoms with van der Waals surface area (Å²) in [6, 6.07) is 14.5. The van der Waals surface area contributed by atoms with Crippen molar-refractivity contribution in [2.75, 3.05) is 6.54 Å². The van der Waals surface area contributed by atoms with Crippen LogP contribution in [0.1, 0.15) is 48.8 Å². The molecule has 1 fully saturated rings. The van der Waals surface area contributed by atoms with Crippen molar-refractivity contribution in [2.24, 2.45) is 11.1 Å². The van der Waals surface area contributed by atoms with E-state index in [4.69, 9.17) is 4.84 Å². The Morgan fingerprint density at radius 1 is 1.14 bits per heavy atom. The third kappa shape index (κ3) is 4.66. The minimum atomic E-state index is -0.266. The Bertz CT molecular complexity index is 888. The van der Waals surface area contributed by atoms with Crippen molar-refractivity contribution in [2.45, 2.75) is 51.7 Å². The third-order valence-electron chi connectivity index (χ3n) is 5.92. The van der Waals surface area contributed by atoms with Gasteiger partial charge in [-0.15, -0.1) is 0 Å². The van der Waals surface area contributed by atoms with Crippen molar-refractivity contribution in [3.05, 3.63) is 71.0 Å². The predicted octanol–water partition coefficient (Wildman–Crippen LogP) is 4.85. The number of hydrogen-bond acceptors (Lipinski definition) is 3. The minimum Gasteiger partial charge on any atom is -0.390 e. The van der Waals surface area contributed by atoms with E-state index in [-0.39, 0.29) is 23.7 Å². The lowest BCUT2D eigenvalue weighted by molar-refractivity contribution is -0.137. The van der Waals surface area contributed by atoms with Crippen molar-refractivity contribution in [3.8, 4) is 0 Å². The van der Waals surface area contributed by atoms with Crippen molar-refractivity contribution in [3.63, 3.8) is 0 Å². The summed E-state index contributed by atoms with van der Waals surface area (Å²) in [6.45, 7) is 3.02. The number of oxime groups is 1. The summed E-state index contributed by atoms with van der Waals surface area (Å²) in [5.41, 5.74) is 4.13. The SMILES string of the molecule is Cc1ccccc1C1=NO[C@@H](CN(Cc2ccc(F)cc2)C(=O)C2CCCC2)C1. The van der Waals surface area contributed by atoms with Gasteiger partial charge in [-0.25, -0.2) is 4.39 Å². The molecule has 0 saturated heterocycles. The fourth-order valence-corrected chi connectivity index (χ4v) is 4.30. The average Bonchev–Trinajstić information content (AvgIpc) is 3.41. The molecule has 0 bridgehead atoms. The molecule has 2 aliphatic rings. The fraction of sp³-hybridized carbons (Fsp3) is 0.417. The van der Waals surface area contributed by atoms with Gasteiger partial charge in [0.25, 0.3) is 0 Å². The van der Waals surface area contributed by atoms with Crippen LogP contribution in [-0.4, -0.2) is 29.2 Å². The van der Waals surface area contributed by atoms with Crippen molar-refractivity contribution in [1.82, 2.24) is 4.90 Å². The van der Waals surface area contributed by atoms with Gasteiger partial charge in [-0.05, 0) is 43.0 Å². The molecule has 1 aliphatic carbocycles. The Labute approximate surface area is 171 Å². The Balaban J connectivity index is 1.46. The van der Waals surface area contributed by atoms with Gasteiger partial charge in [0.15, 0.2) is 6.10 Å². The van der Waals surface area contributed by atoms with Gasteiger partial charge in [0.05, 0.1) is 12.3 Å². The van der Waals surface area contributed by atoms with Gasteiger partial charge in [-0.1, -0.05) is 54.4 Å². The first-order valence-corrected chi connectivity index (χ1v) is 10.4. The predicted molar refractivity (Wildman–Crippen MR) is 111 cm³/mol. The lowest BCUT2D eigenvalue weighted by Crippen LogP contribution is -2.40. The number of benzene rings is 2. The standard InChI is InChI=1S/C24H27FN2O2/c1-17-6-2-5-9-22(17)23-14-21(29-26-23)16-27(24(28)19-7-3-4-8-19)15-18-10-12-20(25)13-11-18/h2,5-6,9-13,19,21H,3-4,7-8,14-16H2,1H3/t21-/m1/s1. The first-order valence-electron chi connectivity index (χ1n) is 10.4. The Morgan fingerprint density at radius 2 is 1.86 bits per heavy atom. The van der Waals surface area contributed by atoms with Crippen LogP contribution >= 0.6 is 0 Å². The highest BCUT2D eigenvalue weighted by molar-refractivity contribution is 6.02. The number of nitrogens with zero attached hydrogens (tertiary/aromatic N) is 2. The molecule has 0 radical (unpaired) electrons. The van der Waals surface area contributed by atoms with Crippen LogP contribution in [0.5, 0.6) is 0 Å². The van der Waals surface area contributed by atoms with Crippen LogP contribution in [0.25, 0.3) is 0 Å². The maximum Gasteiger partial charge on any atom is 0.226 e. The summed E-state index contributed by atoms with van der Waals surface area (Å²) in [6.07, 6.45) is 4.66. The highest BCUT2D eigenvalue weighted by Gasteiger charge is 2.31. The molecule has 1 amide bonds. The van der Waals surface area contributed by atoms with E-state index >= 15 is 0 Å². The van der Waals surface area contributed by atoms with Crippen molar-refractivity contribution < 1.29 is 14.0 Å². The quantitative estimate of drug-likeness (QED) is 0.703. The highest BCUT2D eigenvalue weighted by Crippen LogP contribution is 2.28. The van der Waals surface area contributed by atoms with E-state index in [1.807, 2.05) is 17.0 Å². The van der Waals surface area contributed by atoms with Crippen LogP contribution in [0.15, 0.2) is 53.7 Å². The molecule has 1 heterocycles. The molecule has 1 saturated carbocycles. The molecular weight excluding hydrogens is 367 g/mol. The lowest BCUT2D eigenvalue weighted by atomic mass is 9.99. The van der Waals surface area contributed by atoms with Crippen LogP contribution in [0.2, 0.25) is 0 Å². The first-order chi connectivity index (χ1) is 14.1. The first kappa shape index (κ1) is 19.6. The Hall–Kier alpha value is -2.69. The zero-order valence-corrected chi connectivity index (χ0v) is 16.8. The summed E-state index contributed by atoms with van der Waals surface area (Å²) in [5, 5.41) is 4.31. The summed E-state index contributed by atoms with van der Waals surface area (Å²) in [4.78, 5) is 20.8. The molecule has 2 aromatic carbocycles. The topological polar surface area (TPSA) is 41.9 Å². The number of halogens is 1. The number of carbonyl (C=O) groups excluding carboxylic acids is 1. The largest absolute Gasteiger partial charge is 0.390 e. The van der Waals surface area contributed by atoms with E-state index in [1.165, 1.54) is 17.7 Å². The zero-order valence-electron chi connectivity index (χ0n) is 16.8. The van der Waals surface area contributed by atoms with E-state index < -0.39 is 0 Å². The molecule has 29 heavy (non-hydrogen) atoms. The van der Waals surface area contributed by atoms with Gasteiger partial charge in [-0.3, -0.25) is 4.79 Å². The Kier molecular flexibility index (Phi) is 5.93. The third-order valence-corrected chi connectivity index (χ3v) is 5.92. The molecule has 4 nitrogen and oxygen atoms in total. The molecule has 0 N–H and O–H groups in total. The summed E-state index contributed by atoms with van der Waals surface area (Å²) < 4.78 is 13.3. The lowest BCUT2D eigenvalue weighted by Gasteiger charge is -2.27. The second-order valence-electron chi connectivity index (χ2n) is 8.11. The molecule has 0 spiro atoms. The molecule has 4 rings (SSSR count). The number of carbonyl (C=O) groups is 1. The monoisotopic (exact) mass is 394 g/mol. The van der Waals surface area contributed by atoms with E-state index in [2.05, 4.69) is 24.2 Å². The molecule has 152 valence electrons. The minimum absolute atomic E-state index is 0.0913. The van der Waals surface area contributed by atoms with Crippen LogP contribution in [0, 0.1) is 18.7 Å². The van der Waals surface area contributed by atoms with Gasteiger partial charge in [-0.2, -0.15) is 0 Å². The second-order valence-corrected chi connectivity index (χ2v) is 8.11. The van der Waals surface area contributed by atoms with Gasteiger partial charge >= 0.3 is 0 Å². The Morgan fingerprint density at radius 3 is 2.59 bits per heavy atom. The van der Waals surface area contributed by atoms with E-state index in [9.17, 15) is 9.18 Å². The number of rotatable bonds is 6. The molecule has 0 unspecified atom stereocenters. The zero-order chi connectivity index (χ0) is 20.2. The van der Waals surface area contributed by atoms with Crippen molar-refractivity contribution >= 4 is 11.6 Å². The molecule has 2 aromatic rings. The van der Waals surface area contributed by atoms with E-state index in [1.54, 1.807) is 12.1 Å². The van der Waals surface area contributed by atoms with Crippen molar-refractivity contribution in [1.29, 1.82) is 0 Å². The smallest absolute Gasteiger partial charge is 0.226 e. The van der Waals surface area contributed by atoms with Crippen LogP contribution in [0.4, 0.5) is 4.39 Å². The maximum absolute atomic E-state index is 13.3. The van der Waals surface area contributed by atoms with Crippen LogP contribution in [-0.2, 0) is 16.2 Å². The fourth-order valence-electron chi connectivity index (χ4n) is 4.30. The highest BCUT2D eigenvalue weighted by atomic mass is 19.1. The van der Waals surface area contributed by atoms with E-state index in [0.717, 1.165) is 42.5 Å². The molecule has 1 atom stereocenters. The molecule has 5 heteroatoms. The van der Waals surface area contributed by atoms with Gasteiger partial charge in [0.1, 0.15) is 5.82 Å². The summed E-state index contributed by atoms with van der Waals surface area (Å²) in [5.74, 6) is 0.00573. The number of aryl methyl sites for hydroxylation is 1. The number of hydrogen-bond donors (Lipinski definition) is 0. The van der Waals surface area contributed by atoms with Gasteiger partial charge in [0.2, 0.25) is 5.91 Å². The molecular formula is C24H27FN2O2. The molecule has 1 aliphatic heterocycles. The summed E-state index contributed by atoms with van der Waals surface area (Å²) >= 11 is 0. The number of amides is 1. The summed E-state index contributed by atoms with van der Waals surface area (Å²) in [7, 11) is 0. The van der Waals surface area contributed by atoms with Gasteiger partial charge < -0.3 is 9.74 Å².